The Kier molecular flexibility index (Phi) is 3.80. The summed E-state index contributed by atoms with van der Waals surface area (Å²) in [5.41, 5.74) is 1.15. The molecule has 3 heterocycles. The highest BCUT2D eigenvalue weighted by Gasteiger charge is 2.20. The first kappa shape index (κ1) is 13.9. The number of carbonyl (C=O) groups is 1. The van der Waals surface area contributed by atoms with Gasteiger partial charge in [-0.05, 0) is 34.1 Å². The van der Waals surface area contributed by atoms with Crippen LogP contribution in [-0.4, -0.2) is 31.1 Å². The van der Waals surface area contributed by atoms with E-state index in [1.165, 1.54) is 0 Å². The van der Waals surface area contributed by atoms with E-state index in [0.717, 1.165) is 14.9 Å². The Balaban J connectivity index is 2.07. The van der Waals surface area contributed by atoms with Crippen molar-refractivity contribution in [2.75, 3.05) is 0 Å². The summed E-state index contributed by atoms with van der Waals surface area (Å²) in [6.45, 7) is 0.466. The number of carboxylic acids is 1. The zero-order chi connectivity index (χ0) is 14.8. The van der Waals surface area contributed by atoms with Crippen LogP contribution >= 0.6 is 27.3 Å². The minimum absolute atomic E-state index is 0.0585. The summed E-state index contributed by atoms with van der Waals surface area (Å²) in [4.78, 5) is 16.3. The second-order valence-corrected chi connectivity index (χ2v) is 6.13. The smallest absolute Gasteiger partial charge is 0.358 e. The molecule has 0 atom stereocenters. The minimum atomic E-state index is -1.10. The van der Waals surface area contributed by atoms with E-state index in [2.05, 4.69) is 31.2 Å². The highest BCUT2D eigenvalue weighted by Crippen LogP contribution is 2.25. The molecule has 0 aromatic carbocycles. The monoisotopic (exact) mass is 364 g/mol. The average Bonchev–Trinajstić information content (AvgIpc) is 3.07. The summed E-state index contributed by atoms with van der Waals surface area (Å²) in [5.74, 6) is -1.10. The molecule has 0 radical (unpaired) electrons. The van der Waals surface area contributed by atoms with Crippen molar-refractivity contribution in [1.29, 1.82) is 0 Å². The second kappa shape index (κ2) is 5.74. The first-order valence-corrected chi connectivity index (χ1v) is 7.62. The number of thiophene rings is 1. The molecule has 0 spiro atoms. The van der Waals surface area contributed by atoms with E-state index >= 15 is 0 Å². The zero-order valence-electron chi connectivity index (χ0n) is 10.6. The predicted octanol–water partition coefficient (Wildman–Crippen LogP) is 2.91. The van der Waals surface area contributed by atoms with Crippen LogP contribution < -0.4 is 0 Å². The van der Waals surface area contributed by atoms with Crippen LogP contribution in [0.15, 0.2) is 40.4 Å². The molecule has 0 aliphatic rings. The Labute approximate surface area is 132 Å². The van der Waals surface area contributed by atoms with Gasteiger partial charge in [0.15, 0.2) is 5.69 Å². The molecule has 0 saturated carbocycles. The van der Waals surface area contributed by atoms with Crippen LogP contribution in [0.25, 0.3) is 11.3 Å². The van der Waals surface area contributed by atoms with E-state index < -0.39 is 5.97 Å². The van der Waals surface area contributed by atoms with E-state index in [-0.39, 0.29) is 5.69 Å². The summed E-state index contributed by atoms with van der Waals surface area (Å²) in [6, 6.07) is 5.46. The Bertz CT molecular complexity index is 785. The second-order valence-electron chi connectivity index (χ2n) is 4.22. The van der Waals surface area contributed by atoms with Crippen LogP contribution in [0.2, 0.25) is 0 Å². The molecule has 6 nitrogen and oxygen atoms in total. The van der Waals surface area contributed by atoms with E-state index in [0.29, 0.717) is 12.2 Å². The van der Waals surface area contributed by atoms with Crippen molar-refractivity contribution in [3.63, 3.8) is 0 Å². The topological polar surface area (TPSA) is 80.9 Å². The summed E-state index contributed by atoms with van der Waals surface area (Å²) in [6.07, 6.45) is 3.22. The molecule has 0 bridgehead atoms. The van der Waals surface area contributed by atoms with Gasteiger partial charge in [-0.15, -0.1) is 16.4 Å². The number of aromatic carboxylic acids is 1. The molecule has 0 aliphatic carbocycles. The zero-order valence-corrected chi connectivity index (χ0v) is 13.0. The molecule has 0 aliphatic heterocycles. The van der Waals surface area contributed by atoms with Crippen molar-refractivity contribution in [3.8, 4) is 11.3 Å². The van der Waals surface area contributed by atoms with Crippen LogP contribution in [0.1, 0.15) is 15.4 Å². The third-order valence-electron chi connectivity index (χ3n) is 2.82. The van der Waals surface area contributed by atoms with Gasteiger partial charge in [0.25, 0.3) is 0 Å². The fourth-order valence-electron chi connectivity index (χ4n) is 1.95. The van der Waals surface area contributed by atoms with Gasteiger partial charge >= 0.3 is 5.97 Å². The number of nitrogens with zero attached hydrogens (tertiary/aromatic N) is 4. The maximum Gasteiger partial charge on any atom is 0.358 e. The number of hydrogen-bond donors (Lipinski definition) is 1. The molecule has 0 fully saturated rings. The molecule has 3 aromatic heterocycles. The maximum absolute atomic E-state index is 11.3. The van der Waals surface area contributed by atoms with Gasteiger partial charge in [-0.25, -0.2) is 9.48 Å². The van der Waals surface area contributed by atoms with Crippen LogP contribution in [-0.2, 0) is 6.54 Å². The molecule has 1 N–H and O–H groups in total. The molecule has 0 amide bonds. The van der Waals surface area contributed by atoms with Crippen molar-refractivity contribution in [3.05, 3.63) is 51.0 Å². The van der Waals surface area contributed by atoms with Crippen molar-refractivity contribution >= 4 is 33.2 Å². The molecule has 106 valence electrons. The Morgan fingerprint density at radius 3 is 2.76 bits per heavy atom. The lowest BCUT2D eigenvalue weighted by molar-refractivity contribution is 0.0691. The lowest BCUT2D eigenvalue weighted by Gasteiger charge is -2.05. The van der Waals surface area contributed by atoms with Crippen LogP contribution in [0, 0.1) is 0 Å². The Morgan fingerprint density at radius 1 is 1.38 bits per heavy atom. The molecule has 0 unspecified atom stereocenters. The Hall–Kier alpha value is -2.06. The van der Waals surface area contributed by atoms with E-state index in [1.807, 2.05) is 11.4 Å². The van der Waals surface area contributed by atoms with Gasteiger partial charge in [0.2, 0.25) is 0 Å². The fourth-order valence-corrected chi connectivity index (χ4v) is 3.38. The molecule has 3 rings (SSSR count). The quantitative estimate of drug-likeness (QED) is 0.769. The number of rotatable bonds is 4. The van der Waals surface area contributed by atoms with Crippen LogP contribution in [0.3, 0.4) is 0 Å². The van der Waals surface area contributed by atoms with Crippen LogP contribution in [0.5, 0.6) is 0 Å². The highest BCUT2D eigenvalue weighted by molar-refractivity contribution is 9.10. The fraction of sp³-hybridized carbons (Fsp3) is 0.0769. The molecule has 3 aromatic rings. The first-order chi connectivity index (χ1) is 10.1. The van der Waals surface area contributed by atoms with Crippen LogP contribution in [0.4, 0.5) is 0 Å². The van der Waals surface area contributed by atoms with Gasteiger partial charge in [-0.2, -0.15) is 0 Å². The first-order valence-electron chi connectivity index (χ1n) is 5.95. The standard InChI is InChI=1S/C13H9BrN4O2S/c14-9-5-10(21-7-9)6-18-12(8-1-3-15-4-2-8)11(13(19)20)16-17-18/h1-5,7H,6H2,(H,19,20). The van der Waals surface area contributed by atoms with Gasteiger partial charge in [-0.1, -0.05) is 5.21 Å². The number of aromatic nitrogens is 4. The lowest BCUT2D eigenvalue weighted by atomic mass is 10.1. The molecule has 8 heteroatoms. The largest absolute Gasteiger partial charge is 0.476 e. The highest BCUT2D eigenvalue weighted by atomic mass is 79.9. The predicted molar refractivity (Wildman–Crippen MR) is 81.3 cm³/mol. The SMILES string of the molecule is O=C(O)c1nnn(Cc2cc(Br)cs2)c1-c1ccncc1. The van der Waals surface area contributed by atoms with Crippen molar-refractivity contribution in [2.24, 2.45) is 0 Å². The van der Waals surface area contributed by atoms with E-state index in [9.17, 15) is 9.90 Å². The maximum atomic E-state index is 11.3. The van der Waals surface area contributed by atoms with Crippen molar-refractivity contribution < 1.29 is 9.90 Å². The third-order valence-corrected chi connectivity index (χ3v) is 4.50. The van der Waals surface area contributed by atoms with E-state index in [4.69, 9.17) is 0 Å². The Morgan fingerprint density at radius 2 is 2.14 bits per heavy atom. The van der Waals surface area contributed by atoms with E-state index in [1.54, 1.807) is 40.5 Å². The van der Waals surface area contributed by atoms with Gasteiger partial charge in [-0.3, -0.25) is 4.98 Å². The number of carboxylic acid groups (broad SMARTS) is 1. The molecular weight excluding hydrogens is 356 g/mol. The molecule has 21 heavy (non-hydrogen) atoms. The van der Waals surface area contributed by atoms with Gasteiger partial charge in [0, 0.05) is 32.7 Å². The van der Waals surface area contributed by atoms with Crippen molar-refractivity contribution in [1.82, 2.24) is 20.0 Å². The summed E-state index contributed by atoms with van der Waals surface area (Å²) in [7, 11) is 0. The summed E-state index contributed by atoms with van der Waals surface area (Å²) < 4.78 is 2.59. The van der Waals surface area contributed by atoms with Gasteiger partial charge in [0.05, 0.1) is 6.54 Å². The number of pyridine rings is 1. The number of hydrogen-bond acceptors (Lipinski definition) is 5. The molecule has 0 saturated heterocycles. The third kappa shape index (κ3) is 2.86. The molecular formula is C13H9BrN4O2S. The number of halogens is 1. The van der Waals surface area contributed by atoms with Gasteiger partial charge in [0.1, 0.15) is 5.69 Å². The lowest BCUT2D eigenvalue weighted by Crippen LogP contribution is -2.05. The summed E-state index contributed by atoms with van der Waals surface area (Å²) >= 11 is 4.97. The summed E-state index contributed by atoms with van der Waals surface area (Å²) in [5, 5.41) is 19.0. The average molecular weight is 365 g/mol. The van der Waals surface area contributed by atoms with Crippen molar-refractivity contribution in [2.45, 2.75) is 6.54 Å². The van der Waals surface area contributed by atoms with Gasteiger partial charge < -0.3 is 5.11 Å². The normalized spacial score (nSPS) is 10.7. The minimum Gasteiger partial charge on any atom is -0.476 e.